The lowest BCUT2D eigenvalue weighted by molar-refractivity contribution is -0.140. The fourth-order valence-corrected chi connectivity index (χ4v) is 4.00. The second-order valence-electron chi connectivity index (χ2n) is 7.64. The summed E-state index contributed by atoms with van der Waals surface area (Å²) in [4.78, 5) is 29.3. The molecule has 1 aromatic heterocycles. The fraction of sp³-hybridized carbons (Fsp3) is 0.381. The largest absolute Gasteiger partial charge is 0.507 e. The van der Waals surface area contributed by atoms with Gasteiger partial charge in [0.25, 0.3) is 11.7 Å². The third-order valence-corrected chi connectivity index (χ3v) is 6.07. The molecule has 9 heteroatoms. The van der Waals surface area contributed by atoms with E-state index in [4.69, 9.17) is 23.2 Å². The molecule has 1 atom stereocenters. The molecule has 0 spiro atoms. The van der Waals surface area contributed by atoms with Crippen molar-refractivity contribution in [2.24, 2.45) is 7.05 Å². The van der Waals surface area contributed by atoms with Gasteiger partial charge in [-0.3, -0.25) is 14.3 Å². The average Bonchev–Trinajstić information content (AvgIpc) is 3.07. The topological polar surface area (TPSA) is 78.7 Å². The second-order valence-corrected chi connectivity index (χ2v) is 8.45. The molecule has 30 heavy (non-hydrogen) atoms. The molecule has 1 amide bonds. The van der Waals surface area contributed by atoms with Crippen LogP contribution in [0.2, 0.25) is 10.0 Å². The summed E-state index contributed by atoms with van der Waals surface area (Å²) in [6, 6.07) is 4.17. The number of hydrogen-bond acceptors (Lipinski definition) is 5. The number of hydrogen-bond donors (Lipinski definition) is 1. The number of ketones is 1. The average molecular weight is 451 g/mol. The van der Waals surface area contributed by atoms with E-state index in [0.29, 0.717) is 45.6 Å². The molecule has 3 rings (SSSR count). The molecular weight excluding hydrogens is 427 g/mol. The Morgan fingerprint density at radius 3 is 2.40 bits per heavy atom. The molecule has 7 nitrogen and oxygen atoms in total. The Morgan fingerprint density at radius 1 is 1.20 bits per heavy atom. The van der Waals surface area contributed by atoms with Crippen LogP contribution >= 0.6 is 23.2 Å². The number of benzene rings is 1. The van der Waals surface area contributed by atoms with Gasteiger partial charge in [-0.1, -0.05) is 29.3 Å². The first-order valence-electron chi connectivity index (χ1n) is 9.43. The van der Waals surface area contributed by atoms with Crippen LogP contribution in [-0.4, -0.2) is 63.6 Å². The van der Waals surface area contributed by atoms with E-state index in [9.17, 15) is 14.7 Å². The number of aryl methyl sites for hydroxylation is 2. The normalized spacial score (nSPS) is 18.7. The second kappa shape index (κ2) is 8.41. The van der Waals surface area contributed by atoms with Gasteiger partial charge in [0.1, 0.15) is 5.76 Å². The van der Waals surface area contributed by atoms with Gasteiger partial charge in [-0.15, -0.1) is 0 Å². The van der Waals surface area contributed by atoms with Crippen LogP contribution in [0.15, 0.2) is 23.8 Å². The van der Waals surface area contributed by atoms with Crippen molar-refractivity contribution in [2.75, 3.05) is 27.2 Å². The van der Waals surface area contributed by atoms with Crippen molar-refractivity contribution in [3.63, 3.8) is 0 Å². The first-order valence-corrected chi connectivity index (χ1v) is 10.2. The number of amides is 1. The quantitative estimate of drug-likeness (QED) is 0.429. The maximum Gasteiger partial charge on any atom is 0.295 e. The highest BCUT2D eigenvalue weighted by molar-refractivity contribution is 6.47. The van der Waals surface area contributed by atoms with Crippen LogP contribution in [0.1, 0.15) is 28.6 Å². The number of likely N-dealkylation sites (N-methyl/N-ethyl adjacent to an activating group) is 1. The molecule has 1 aliphatic heterocycles. The molecule has 2 heterocycles. The van der Waals surface area contributed by atoms with Crippen molar-refractivity contribution in [1.82, 2.24) is 19.6 Å². The first kappa shape index (κ1) is 22.3. The van der Waals surface area contributed by atoms with Crippen molar-refractivity contribution < 1.29 is 14.7 Å². The number of aliphatic hydroxyl groups is 1. The number of likely N-dealkylation sites (tertiary alicyclic amines) is 1. The van der Waals surface area contributed by atoms with E-state index < -0.39 is 17.7 Å². The minimum atomic E-state index is -0.779. The van der Waals surface area contributed by atoms with Gasteiger partial charge in [-0.05, 0) is 45.6 Å². The van der Waals surface area contributed by atoms with Gasteiger partial charge in [-0.25, -0.2) is 0 Å². The molecule has 0 saturated carbocycles. The summed E-state index contributed by atoms with van der Waals surface area (Å²) in [6.45, 7) is 4.41. The molecule has 2 aromatic rings. The smallest absolute Gasteiger partial charge is 0.295 e. The number of halogens is 2. The molecular formula is C21H24Cl2N4O3. The molecule has 1 aromatic carbocycles. The van der Waals surface area contributed by atoms with Crippen molar-refractivity contribution in [3.8, 4) is 0 Å². The summed E-state index contributed by atoms with van der Waals surface area (Å²) in [5.41, 5.74) is 2.34. The first-order chi connectivity index (χ1) is 14.0. The highest BCUT2D eigenvalue weighted by atomic mass is 35.5. The highest BCUT2D eigenvalue weighted by Crippen LogP contribution is 2.41. The lowest BCUT2D eigenvalue weighted by atomic mass is 9.94. The number of carbonyl (C=O) groups is 2. The number of rotatable bonds is 5. The molecule has 1 aliphatic rings. The number of aliphatic hydroxyl groups excluding tert-OH is 1. The lowest BCUT2D eigenvalue weighted by Crippen LogP contribution is -2.35. The van der Waals surface area contributed by atoms with Gasteiger partial charge in [0, 0.05) is 25.8 Å². The van der Waals surface area contributed by atoms with E-state index in [1.54, 1.807) is 43.8 Å². The van der Waals surface area contributed by atoms with E-state index >= 15 is 0 Å². The SMILES string of the molecule is Cc1nn(C)c(C)c1/C(O)=C1\C(=O)C(=O)N(CCN(C)C)[C@@H]1c1ccc(Cl)c(Cl)c1. The van der Waals surface area contributed by atoms with E-state index in [-0.39, 0.29) is 11.3 Å². The zero-order valence-corrected chi connectivity index (χ0v) is 19.0. The van der Waals surface area contributed by atoms with E-state index in [1.165, 1.54) is 4.90 Å². The molecule has 0 bridgehead atoms. The Balaban J connectivity index is 2.23. The third-order valence-electron chi connectivity index (χ3n) is 5.33. The van der Waals surface area contributed by atoms with Crippen LogP contribution in [0.25, 0.3) is 5.76 Å². The molecule has 160 valence electrons. The summed E-state index contributed by atoms with van der Waals surface area (Å²) in [5.74, 6) is -1.63. The number of nitrogens with zero attached hydrogens (tertiary/aromatic N) is 4. The Kier molecular flexibility index (Phi) is 6.26. The summed E-state index contributed by atoms with van der Waals surface area (Å²) in [5, 5.41) is 16.2. The van der Waals surface area contributed by atoms with Crippen LogP contribution in [0.3, 0.4) is 0 Å². The predicted octanol–water partition coefficient (Wildman–Crippen LogP) is 3.33. The van der Waals surface area contributed by atoms with Gasteiger partial charge in [0.05, 0.1) is 32.9 Å². The molecule has 0 unspecified atom stereocenters. The zero-order chi connectivity index (χ0) is 22.3. The van der Waals surface area contributed by atoms with E-state index in [1.807, 2.05) is 19.0 Å². The molecule has 1 N–H and O–H groups in total. The van der Waals surface area contributed by atoms with Crippen molar-refractivity contribution in [2.45, 2.75) is 19.9 Å². The van der Waals surface area contributed by atoms with Gasteiger partial charge in [0.2, 0.25) is 0 Å². The monoisotopic (exact) mass is 450 g/mol. The van der Waals surface area contributed by atoms with Crippen molar-refractivity contribution in [1.29, 1.82) is 0 Å². The highest BCUT2D eigenvalue weighted by Gasteiger charge is 2.46. The summed E-state index contributed by atoms with van der Waals surface area (Å²) in [6.07, 6.45) is 0. The fourth-order valence-electron chi connectivity index (χ4n) is 3.70. The third kappa shape index (κ3) is 3.85. The summed E-state index contributed by atoms with van der Waals surface area (Å²) < 4.78 is 1.63. The van der Waals surface area contributed by atoms with Crippen LogP contribution in [0.4, 0.5) is 0 Å². The number of aromatic nitrogens is 2. The standard InChI is InChI=1S/C21H24Cl2N4O3/c1-11-16(12(2)26(5)24-11)19(28)17-18(13-6-7-14(22)15(23)10-13)27(9-8-25(3)4)21(30)20(17)29/h6-7,10,18,28H,8-9H2,1-5H3/b19-17+/t18-/m1/s1. The number of Topliss-reactive ketones (excluding diaryl/α,β-unsaturated/α-hetero) is 1. The van der Waals surface area contributed by atoms with Crippen molar-refractivity contribution >= 4 is 40.7 Å². The maximum absolute atomic E-state index is 13.0. The molecule has 1 saturated heterocycles. The van der Waals surface area contributed by atoms with E-state index in [0.717, 1.165) is 0 Å². The summed E-state index contributed by atoms with van der Waals surface area (Å²) >= 11 is 12.3. The zero-order valence-electron chi connectivity index (χ0n) is 17.5. The van der Waals surface area contributed by atoms with E-state index in [2.05, 4.69) is 5.10 Å². The Hall–Kier alpha value is -2.35. The molecule has 0 aliphatic carbocycles. The van der Waals surface area contributed by atoms with Crippen LogP contribution < -0.4 is 0 Å². The molecule has 1 fully saturated rings. The summed E-state index contributed by atoms with van der Waals surface area (Å²) in [7, 11) is 5.52. The van der Waals surface area contributed by atoms with Gasteiger partial charge in [0.15, 0.2) is 0 Å². The van der Waals surface area contributed by atoms with Crippen molar-refractivity contribution in [3.05, 3.63) is 56.3 Å². The minimum absolute atomic E-state index is 0.0244. The Morgan fingerprint density at radius 2 is 1.87 bits per heavy atom. The Labute approximate surface area is 185 Å². The van der Waals surface area contributed by atoms with Gasteiger partial charge in [-0.2, -0.15) is 5.10 Å². The number of carbonyl (C=O) groups excluding carboxylic acids is 2. The lowest BCUT2D eigenvalue weighted by Gasteiger charge is -2.26. The Bertz CT molecular complexity index is 1060. The maximum atomic E-state index is 13.0. The minimum Gasteiger partial charge on any atom is -0.507 e. The van der Waals surface area contributed by atoms with Gasteiger partial charge < -0.3 is 14.9 Å². The predicted molar refractivity (Wildman–Crippen MR) is 117 cm³/mol. The molecule has 0 radical (unpaired) electrons. The van der Waals surface area contributed by atoms with Crippen LogP contribution in [0, 0.1) is 13.8 Å². The van der Waals surface area contributed by atoms with Crippen LogP contribution in [0.5, 0.6) is 0 Å². The van der Waals surface area contributed by atoms with Crippen LogP contribution in [-0.2, 0) is 16.6 Å². The van der Waals surface area contributed by atoms with Gasteiger partial charge >= 0.3 is 0 Å².